The minimum Gasteiger partial charge on any atom is -0.396 e. The molecule has 2 aromatic carbocycles. The molecule has 1 aliphatic carbocycles. The number of benzene rings is 3. The van der Waals surface area contributed by atoms with E-state index in [4.69, 9.17) is 4.98 Å². The topological polar surface area (TPSA) is 154 Å². The first-order valence-electron chi connectivity index (χ1n) is 11.4. The Balaban J connectivity index is 1.75. The van der Waals surface area contributed by atoms with Crippen LogP contribution >= 0.6 is 11.3 Å². The zero-order valence-corrected chi connectivity index (χ0v) is 22.5. The van der Waals surface area contributed by atoms with Crippen molar-refractivity contribution in [3.05, 3.63) is 65.5 Å². The SMILES string of the molecule is CC(CO)CC(C)Cc1ccc2sc3cc(=Nc4cc(S(=O)(=O)O)ccc4S(=O)(=O)O)ccc-3nc2c1. The van der Waals surface area contributed by atoms with Gasteiger partial charge >= 0.3 is 0 Å². The van der Waals surface area contributed by atoms with Crippen LogP contribution in [0.2, 0.25) is 0 Å². The van der Waals surface area contributed by atoms with Gasteiger partial charge in [-0.2, -0.15) is 16.8 Å². The van der Waals surface area contributed by atoms with Crippen molar-refractivity contribution in [1.29, 1.82) is 0 Å². The fraction of sp³-hybridized carbons (Fsp3) is 0.280. The summed E-state index contributed by atoms with van der Waals surface area (Å²) in [6.07, 6.45) is 1.81. The van der Waals surface area contributed by atoms with Crippen LogP contribution in [0.15, 0.2) is 69.4 Å². The van der Waals surface area contributed by atoms with Gasteiger partial charge in [0, 0.05) is 6.61 Å². The number of aliphatic hydroxyl groups is 1. The van der Waals surface area contributed by atoms with Crippen LogP contribution in [0.4, 0.5) is 5.69 Å². The Morgan fingerprint density at radius 3 is 2.35 bits per heavy atom. The van der Waals surface area contributed by atoms with E-state index in [0.717, 1.165) is 51.7 Å². The van der Waals surface area contributed by atoms with E-state index in [1.54, 1.807) is 18.2 Å². The minimum absolute atomic E-state index is 0.175. The molecule has 2 unspecified atom stereocenters. The molecule has 9 nitrogen and oxygen atoms in total. The molecule has 0 fully saturated rings. The fourth-order valence-corrected chi connectivity index (χ4v) is 6.30. The van der Waals surface area contributed by atoms with Gasteiger partial charge in [0.1, 0.15) is 4.90 Å². The van der Waals surface area contributed by atoms with E-state index in [0.29, 0.717) is 17.0 Å². The van der Waals surface area contributed by atoms with Crippen molar-refractivity contribution in [2.24, 2.45) is 16.8 Å². The smallest absolute Gasteiger partial charge is 0.296 e. The summed E-state index contributed by atoms with van der Waals surface area (Å²) in [6, 6.07) is 13.8. The summed E-state index contributed by atoms with van der Waals surface area (Å²) in [6.45, 7) is 4.37. The normalized spacial score (nSPS) is 14.8. The van der Waals surface area contributed by atoms with Crippen LogP contribution < -0.4 is 5.36 Å². The van der Waals surface area contributed by atoms with Crippen molar-refractivity contribution in [3.63, 3.8) is 0 Å². The second-order valence-electron chi connectivity index (χ2n) is 9.19. The van der Waals surface area contributed by atoms with Gasteiger partial charge in [-0.25, -0.2) is 9.98 Å². The molecular weight excluding hydrogens is 536 g/mol. The van der Waals surface area contributed by atoms with Crippen molar-refractivity contribution >= 4 is 47.5 Å². The van der Waals surface area contributed by atoms with E-state index in [1.165, 1.54) is 11.3 Å². The Bertz CT molecular complexity index is 1710. The van der Waals surface area contributed by atoms with E-state index in [-0.39, 0.29) is 18.2 Å². The Morgan fingerprint density at radius 2 is 1.68 bits per heavy atom. The van der Waals surface area contributed by atoms with E-state index in [9.17, 15) is 31.0 Å². The molecule has 12 heteroatoms. The highest BCUT2D eigenvalue weighted by atomic mass is 32.2. The molecule has 2 aliphatic rings. The molecular formula is C25H26N2O7S3. The zero-order chi connectivity index (χ0) is 27.0. The first-order valence-corrected chi connectivity index (χ1v) is 15.1. The van der Waals surface area contributed by atoms with Gasteiger partial charge in [-0.1, -0.05) is 19.9 Å². The van der Waals surface area contributed by atoms with Gasteiger partial charge in [0.2, 0.25) is 0 Å². The van der Waals surface area contributed by atoms with Crippen LogP contribution in [-0.2, 0) is 26.7 Å². The van der Waals surface area contributed by atoms with Crippen molar-refractivity contribution < 1.29 is 31.0 Å². The maximum absolute atomic E-state index is 11.8. The van der Waals surface area contributed by atoms with Gasteiger partial charge in [-0.3, -0.25) is 9.11 Å². The summed E-state index contributed by atoms with van der Waals surface area (Å²) in [5, 5.41) is 9.61. The van der Waals surface area contributed by atoms with E-state index >= 15 is 0 Å². The standard InChI is InChI=1S/C25H26N2O7S3/c1-15(9-16(2)14-28)10-17-3-7-23-21(11-17)27-20-6-4-18(12-24(20)35-23)26-22-13-19(36(29,30)31)5-8-25(22)37(32,33)34/h3-8,11-13,15-16,28H,9-10,14H2,1-2H3,(H,29,30,31)(H,32,33,34). The van der Waals surface area contributed by atoms with Crippen molar-refractivity contribution in [1.82, 2.24) is 4.98 Å². The number of rotatable bonds is 8. The Hall–Kier alpha value is -2.74. The summed E-state index contributed by atoms with van der Waals surface area (Å²) in [7, 11) is -9.31. The van der Waals surface area contributed by atoms with Crippen molar-refractivity contribution in [3.8, 4) is 10.6 Å². The molecule has 3 N–H and O–H groups in total. The fourth-order valence-electron chi connectivity index (χ4n) is 4.21. The first kappa shape index (κ1) is 27.3. The third-order valence-electron chi connectivity index (χ3n) is 5.88. The van der Waals surface area contributed by atoms with E-state index in [2.05, 4.69) is 24.0 Å². The van der Waals surface area contributed by atoms with Gasteiger partial charge in [0.05, 0.1) is 36.7 Å². The predicted molar refractivity (Wildman–Crippen MR) is 141 cm³/mol. The summed E-state index contributed by atoms with van der Waals surface area (Å²) in [4.78, 5) is 8.62. The third kappa shape index (κ3) is 6.58. The minimum atomic E-state index is -4.70. The van der Waals surface area contributed by atoms with Crippen molar-refractivity contribution in [2.45, 2.75) is 36.5 Å². The van der Waals surface area contributed by atoms with Gasteiger partial charge < -0.3 is 5.11 Å². The Kier molecular flexibility index (Phi) is 7.79. The van der Waals surface area contributed by atoms with Crippen LogP contribution in [0.25, 0.3) is 20.8 Å². The Labute approximate surface area is 219 Å². The number of hydrogen-bond donors (Lipinski definition) is 3. The molecule has 0 aromatic heterocycles. The lowest BCUT2D eigenvalue weighted by molar-refractivity contribution is 0.215. The maximum Gasteiger partial charge on any atom is 0.296 e. The van der Waals surface area contributed by atoms with E-state index < -0.39 is 30.0 Å². The summed E-state index contributed by atoms with van der Waals surface area (Å²) < 4.78 is 66.5. The lowest BCUT2D eigenvalue weighted by Crippen LogP contribution is -2.09. The molecule has 4 rings (SSSR count). The molecule has 196 valence electrons. The van der Waals surface area contributed by atoms with Crippen LogP contribution in [0.5, 0.6) is 0 Å². The molecule has 0 amide bonds. The molecule has 0 spiro atoms. The number of hydrogen-bond acceptors (Lipinski definition) is 8. The second kappa shape index (κ2) is 10.6. The average Bonchev–Trinajstić information content (AvgIpc) is 2.81. The van der Waals surface area contributed by atoms with Crippen LogP contribution in [0, 0.1) is 11.8 Å². The lowest BCUT2D eigenvalue weighted by atomic mass is 9.92. The van der Waals surface area contributed by atoms with Gasteiger partial charge in [0.25, 0.3) is 20.2 Å². The van der Waals surface area contributed by atoms with Gasteiger partial charge in [-0.15, -0.1) is 11.3 Å². The second-order valence-corrected chi connectivity index (χ2v) is 13.1. The van der Waals surface area contributed by atoms with Crippen LogP contribution in [-0.4, -0.2) is 42.6 Å². The zero-order valence-electron chi connectivity index (χ0n) is 20.1. The summed E-state index contributed by atoms with van der Waals surface area (Å²) in [5.41, 5.74) is 2.38. The summed E-state index contributed by atoms with van der Waals surface area (Å²) in [5.74, 6) is 0.670. The molecule has 1 heterocycles. The highest BCUT2D eigenvalue weighted by molar-refractivity contribution is 7.86. The molecule has 0 saturated heterocycles. The number of aliphatic hydroxyl groups excluding tert-OH is 1. The van der Waals surface area contributed by atoms with Crippen LogP contribution in [0.1, 0.15) is 25.8 Å². The molecule has 2 atom stereocenters. The molecule has 0 saturated carbocycles. The average molecular weight is 563 g/mol. The highest BCUT2D eigenvalue weighted by Gasteiger charge is 2.20. The lowest BCUT2D eigenvalue weighted by Gasteiger charge is -2.15. The highest BCUT2D eigenvalue weighted by Crippen LogP contribution is 2.31. The molecule has 0 bridgehead atoms. The molecule has 37 heavy (non-hydrogen) atoms. The Morgan fingerprint density at radius 1 is 0.919 bits per heavy atom. The largest absolute Gasteiger partial charge is 0.396 e. The maximum atomic E-state index is 11.8. The number of aromatic nitrogens is 1. The molecule has 1 aliphatic heterocycles. The number of nitrogens with zero attached hydrogens (tertiary/aromatic N) is 2. The monoisotopic (exact) mass is 562 g/mol. The van der Waals surface area contributed by atoms with Gasteiger partial charge in [-0.05, 0) is 78.8 Å². The third-order valence-corrected chi connectivity index (χ3v) is 8.75. The first-order chi connectivity index (χ1) is 17.3. The quantitative estimate of drug-likeness (QED) is 0.212. The molecule has 2 aromatic rings. The van der Waals surface area contributed by atoms with Crippen molar-refractivity contribution in [2.75, 3.05) is 6.61 Å². The predicted octanol–water partition coefficient (Wildman–Crippen LogP) is 4.32. The number of fused-ring (bicyclic) bond motifs is 2. The van der Waals surface area contributed by atoms with E-state index in [1.807, 2.05) is 13.0 Å². The summed E-state index contributed by atoms with van der Waals surface area (Å²) >= 11 is 1.48. The van der Waals surface area contributed by atoms with Gasteiger partial charge in [0.15, 0.2) is 0 Å². The van der Waals surface area contributed by atoms with Crippen LogP contribution in [0.3, 0.4) is 0 Å². The molecule has 0 radical (unpaired) electrons.